The van der Waals surface area contributed by atoms with Crippen molar-refractivity contribution >= 4 is 23.5 Å². The number of aliphatic carboxylic acids is 1. The number of pyridine rings is 1. The quantitative estimate of drug-likeness (QED) is 0.908. The third kappa shape index (κ3) is 3.08. The molecule has 20 heavy (non-hydrogen) atoms. The van der Waals surface area contributed by atoms with Crippen molar-refractivity contribution in [2.24, 2.45) is 0 Å². The zero-order valence-electron chi connectivity index (χ0n) is 11.2. The molecule has 0 atom stereocenters. The number of amides is 1. The average molecular weight is 299 g/mol. The first-order chi connectivity index (χ1) is 9.31. The molecular weight excluding hydrogens is 284 g/mol. The van der Waals surface area contributed by atoms with E-state index in [2.05, 4.69) is 4.98 Å². The summed E-state index contributed by atoms with van der Waals surface area (Å²) >= 11 is 6.03. The normalized spacial score (nSPS) is 16.6. The first-order valence-electron chi connectivity index (χ1n) is 6.08. The van der Waals surface area contributed by atoms with Gasteiger partial charge >= 0.3 is 5.97 Å². The summed E-state index contributed by atoms with van der Waals surface area (Å²) in [6.07, 6.45) is 1.45. The lowest BCUT2D eigenvalue weighted by molar-refractivity contribution is -0.159. The summed E-state index contributed by atoms with van der Waals surface area (Å²) in [6, 6.07) is 1.63. The largest absolute Gasteiger partial charge is 0.480 e. The van der Waals surface area contributed by atoms with Crippen LogP contribution in [0, 0.1) is 6.92 Å². The number of carboxylic acids is 1. The zero-order valence-corrected chi connectivity index (χ0v) is 12.0. The minimum atomic E-state index is -1.03. The number of likely N-dealkylation sites (tertiary alicyclic amines) is 1. The Morgan fingerprint density at radius 1 is 1.55 bits per heavy atom. The SMILES string of the molecule is Cc1cc(Cl)c(C(=O)N2CC(C)(OCC(=O)O)C2)cn1. The molecule has 0 radical (unpaired) electrons. The van der Waals surface area contributed by atoms with Crippen LogP contribution in [-0.4, -0.2) is 52.2 Å². The van der Waals surface area contributed by atoms with Gasteiger partial charge < -0.3 is 14.7 Å². The molecule has 0 saturated carbocycles. The minimum Gasteiger partial charge on any atom is -0.480 e. The van der Waals surface area contributed by atoms with E-state index >= 15 is 0 Å². The molecule has 2 heterocycles. The van der Waals surface area contributed by atoms with E-state index in [0.29, 0.717) is 23.7 Å². The van der Waals surface area contributed by atoms with Gasteiger partial charge in [-0.25, -0.2) is 4.79 Å². The molecule has 1 aliphatic rings. The van der Waals surface area contributed by atoms with Crippen LogP contribution in [0.5, 0.6) is 0 Å². The molecule has 1 aromatic rings. The fourth-order valence-corrected chi connectivity index (χ4v) is 2.37. The van der Waals surface area contributed by atoms with E-state index in [4.69, 9.17) is 21.4 Å². The predicted octanol–water partition coefficient (Wildman–Crippen LogP) is 1.36. The van der Waals surface area contributed by atoms with E-state index in [1.54, 1.807) is 24.8 Å². The van der Waals surface area contributed by atoms with Crippen molar-refractivity contribution in [1.29, 1.82) is 0 Å². The standard InChI is InChI=1S/C13H15ClN2O4/c1-8-3-10(14)9(4-15-8)12(19)16-6-13(2,7-16)20-5-11(17)18/h3-4H,5-7H2,1-2H3,(H,17,18). The fourth-order valence-electron chi connectivity index (χ4n) is 2.09. The van der Waals surface area contributed by atoms with Crippen molar-refractivity contribution < 1.29 is 19.4 Å². The van der Waals surface area contributed by atoms with Crippen molar-refractivity contribution in [3.05, 3.63) is 28.5 Å². The molecule has 108 valence electrons. The van der Waals surface area contributed by atoms with Gasteiger partial charge in [0.2, 0.25) is 0 Å². The van der Waals surface area contributed by atoms with Crippen LogP contribution in [0.4, 0.5) is 0 Å². The second kappa shape index (κ2) is 5.38. The van der Waals surface area contributed by atoms with Crippen LogP contribution in [0.2, 0.25) is 5.02 Å². The number of carbonyl (C=O) groups excluding carboxylic acids is 1. The highest BCUT2D eigenvalue weighted by Crippen LogP contribution is 2.28. The van der Waals surface area contributed by atoms with Crippen LogP contribution in [0.3, 0.4) is 0 Å². The lowest BCUT2D eigenvalue weighted by atomic mass is 9.95. The van der Waals surface area contributed by atoms with Gasteiger partial charge in [-0.15, -0.1) is 0 Å². The van der Waals surface area contributed by atoms with Gasteiger partial charge in [0, 0.05) is 11.9 Å². The molecular formula is C13H15ClN2O4. The lowest BCUT2D eigenvalue weighted by Gasteiger charge is -2.47. The van der Waals surface area contributed by atoms with Crippen molar-refractivity contribution in [3.63, 3.8) is 0 Å². The first-order valence-corrected chi connectivity index (χ1v) is 6.46. The monoisotopic (exact) mass is 298 g/mol. The summed E-state index contributed by atoms with van der Waals surface area (Å²) in [7, 11) is 0. The molecule has 0 bridgehead atoms. The predicted molar refractivity (Wildman–Crippen MR) is 71.9 cm³/mol. The van der Waals surface area contributed by atoms with Gasteiger partial charge in [0.25, 0.3) is 5.91 Å². The summed E-state index contributed by atoms with van der Waals surface area (Å²) in [5, 5.41) is 8.94. The summed E-state index contributed by atoms with van der Waals surface area (Å²) in [5.41, 5.74) is 0.473. The molecule has 1 fully saturated rings. The van der Waals surface area contributed by atoms with Crippen LogP contribution in [-0.2, 0) is 9.53 Å². The Morgan fingerprint density at radius 2 is 2.20 bits per heavy atom. The van der Waals surface area contributed by atoms with Crippen LogP contribution in [0.15, 0.2) is 12.3 Å². The Morgan fingerprint density at radius 3 is 2.75 bits per heavy atom. The minimum absolute atomic E-state index is 0.223. The highest BCUT2D eigenvalue weighted by molar-refractivity contribution is 6.33. The Bertz CT molecular complexity index is 555. The summed E-state index contributed by atoms with van der Waals surface area (Å²) in [4.78, 5) is 28.3. The number of hydrogen-bond acceptors (Lipinski definition) is 4. The van der Waals surface area contributed by atoms with E-state index in [-0.39, 0.29) is 12.5 Å². The molecule has 7 heteroatoms. The van der Waals surface area contributed by atoms with E-state index in [0.717, 1.165) is 5.69 Å². The van der Waals surface area contributed by atoms with Crippen molar-refractivity contribution in [2.75, 3.05) is 19.7 Å². The van der Waals surface area contributed by atoms with Crippen molar-refractivity contribution in [2.45, 2.75) is 19.4 Å². The molecule has 0 aliphatic carbocycles. The maximum absolute atomic E-state index is 12.2. The summed E-state index contributed by atoms with van der Waals surface area (Å²) < 4.78 is 5.25. The van der Waals surface area contributed by atoms with Crippen LogP contribution >= 0.6 is 11.6 Å². The number of carboxylic acid groups (broad SMARTS) is 1. The Labute approximate surface area is 121 Å². The third-order valence-electron chi connectivity index (χ3n) is 3.10. The molecule has 1 aliphatic heterocycles. The second-order valence-electron chi connectivity index (χ2n) is 5.10. The van der Waals surface area contributed by atoms with E-state index in [1.165, 1.54) is 6.20 Å². The van der Waals surface area contributed by atoms with Gasteiger partial charge in [0.05, 0.1) is 23.7 Å². The van der Waals surface area contributed by atoms with E-state index < -0.39 is 11.6 Å². The summed E-state index contributed by atoms with van der Waals surface area (Å²) in [5.74, 6) is -1.25. The van der Waals surface area contributed by atoms with Gasteiger partial charge in [0.1, 0.15) is 12.2 Å². The maximum Gasteiger partial charge on any atom is 0.329 e. The molecule has 1 aromatic heterocycles. The van der Waals surface area contributed by atoms with Gasteiger partial charge in [-0.2, -0.15) is 0 Å². The number of ether oxygens (including phenoxy) is 1. The fraction of sp³-hybridized carbons (Fsp3) is 0.462. The van der Waals surface area contributed by atoms with Crippen LogP contribution in [0.25, 0.3) is 0 Å². The van der Waals surface area contributed by atoms with E-state index in [9.17, 15) is 9.59 Å². The first kappa shape index (κ1) is 14.7. The lowest BCUT2D eigenvalue weighted by Crippen LogP contribution is -2.63. The number of nitrogens with zero attached hydrogens (tertiary/aromatic N) is 2. The number of halogens is 1. The van der Waals surface area contributed by atoms with Gasteiger partial charge in [-0.05, 0) is 19.9 Å². The number of carbonyl (C=O) groups is 2. The van der Waals surface area contributed by atoms with Crippen LogP contribution < -0.4 is 0 Å². The van der Waals surface area contributed by atoms with Gasteiger partial charge in [-0.3, -0.25) is 9.78 Å². The molecule has 6 nitrogen and oxygen atoms in total. The Kier molecular flexibility index (Phi) is 3.96. The molecule has 1 saturated heterocycles. The van der Waals surface area contributed by atoms with Gasteiger partial charge in [-0.1, -0.05) is 11.6 Å². The molecule has 0 aromatic carbocycles. The number of rotatable bonds is 4. The zero-order chi connectivity index (χ0) is 14.9. The second-order valence-corrected chi connectivity index (χ2v) is 5.51. The molecule has 1 amide bonds. The summed E-state index contributed by atoms with van der Waals surface area (Å²) in [6.45, 7) is 3.87. The molecule has 0 spiro atoms. The smallest absolute Gasteiger partial charge is 0.329 e. The Balaban J connectivity index is 1.98. The van der Waals surface area contributed by atoms with E-state index in [1.807, 2.05) is 0 Å². The Hall–Kier alpha value is -1.66. The number of aryl methyl sites for hydroxylation is 1. The molecule has 1 N–H and O–H groups in total. The topological polar surface area (TPSA) is 79.7 Å². The molecule has 2 rings (SSSR count). The highest BCUT2D eigenvalue weighted by atomic mass is 35.5. The van der Waals surface area contributed by atoms with Crippen LogP contribution in [0.1, 0.15) is 23.0 Å². The molecule has 0 unspecified atom stereocenters. The van der Waals surface area contributed by atoms with Crippen molar-refractivity contribution in [1.82, 2.24) is 9.88 Å². The maximum atomic E-state index is 12.2. The third-order valence-corrected chi connectivity index (χ3v) is 3.42. The number of aromatic nitrogens is 1. The van der Waals surface area contributed by atoms with Crippen molar-refractivity contribution in [3.8, 4) is 0 Å². The number of hydrogen-bond donors (Lipinski definition) is 1. The highest BCUT2D eigenvalue weighted by Gasteiger charge is 2.43. The van der Waals surface area contributed by atoms with Gasteiger partial charge in [0.15, 0.2) is 0 Å². The average Bonchev–Trinajstić information content (AvgIpc) is 2.32.